The summed E-state index contributed by atoms with van der Waals surface area (Å²) in [6.07, 6.45) is 0.514. The Kier molecular flexibility index (Phi) is 4.71. The predicted molar refractivity (Wildman–Crippen MR) is 69.3 cm³/mol. The minimum absolute atomic E-state index is 0.0352. The first-order valence-corrected chi connectivity index (χ1v) is 7.49. The number of carbonyl (C=O) groups excluding carboxylic acids is 1. The van der Waals surface area contributed by atoms with Crippen LogP contribution in [-0.4, -0.2) is 25.2 Å². The van der Waals surface area contributed by atoms with Gasteiger partial charge in [0.1, 0.15) is 5.25 Å². The van der Waals surface area contributed by atoms with Crippen LogP contribution in [0.1, 0.15) is 30.6 Å². The lowest BCUT2D eigenvalue weighted by atomic mass is 10.1. The van der Waals surface area contributed by atoms with Gasteiger partial charge >= 0.3 is 0 Å². The highest BCUT2D eigenvalue weighted by Crippen LogP contribution is 2.15. The minimum Gasteiger partial charge on any atom is -0.293 e. The van der Waals surface area contributed by atoms with Gasteiger partial charge in [-0.3, -0.25) is 4.79 Å². The summed E-state index contributed by atoms with van der Waals surface area (Å²) in [7, 11) is -3.35. The fourth-order valence-electron chi connectivity index (χ4n) is 1.47. The average Bonchev–Trinajstić information content (AvgIpc) is 2.28. The third-order valence-electron chi connectivity index (χ3n) is 2.53. The van der Waals surface area contributed by atoms with E-state index in [1.165, 1.54) is 6.92 Å². The fourth-order valence-corrected chi connectivity index (χ4v) is 2.98. The van der Waals surface area contributed by atoms with Crippen molar-refractivity contribution < 1.29 is 13.2 Å². The Balaban J connectivity index is 2.94. The summed E-state index contributed by atoms with van der Waals surface area (Å²) in [6.45, 7) is 3.21. The molecule has 1 atom stereocenters. The highest BCUT2D eigenvalue weighted by molar-refractivity contribution is 7.92. The molecule has 0 spiro atoms. The maximum absolute atomic E-state index is 12.0. The Morgan fingerprint density at radius 3 is 2.29 bits per heavy atom. The van der Waals surface area contributed by atoms with Gasteiger partial charge in [-0.05, 0) is 37.6 Å². The van der Waals surface area contributed by atoms with Gasteiger partial charge in [0.2, 0.25) is 0 Å². The van der Waals surface area contributed by atoms with Crippen molar-refractivity contribution in [1.82, 2.24) is 0 Å². The Hall–Kier alpha value is -0.870. The van der Waals surface area contributed by atoms with E-state index in [0.29, 0.717) is 17.0 Å². The summed E-state index contributed by atoms with van der Waals surface area (Å²) in [6, 6.07) is 6.24. The van der Waals surface area contributed by atoms with Gasteiger partial charge in [-0.2, -0.15) is 0 Å². The molecule has 0 aromatic heterocycles. The van der Waals surface area contributed by atoms with Crippen LogP contribution in [0.25, 0.3) is 0 Å². The number of hydrogen-bond donors (Lipinski definition) is 0. The number of benzene rings is 1. The Morgan fingerprint density at radius 1 is 1.29 bits per heavy atom. The van der Waals surface area contributed by atoms with Gasteiger partial charge in [-0.25, -0.2) is 8.42 Å². The first kappa shape index (κ1) is 14.2. The van der Waals surface area contributed by atoms with Crippen molar-refractivity contribution in [1.29, 1.82) is 0 Å². The fraction of sp³-hybridized carbons (Fsp3) is 0.417. The second-order valence-electron chi connectivity index (χ2n) is 3.88. The molecule has 1 rings (SSSR count). The zero-order chi connectivity index (χ0) is 13.1. The van der Waals surface area contributed by atoms with Crippen LogP contribution in [0.5, 0.6) is 0 Å². The van der Waals surface area contributed by atoms with Crippen LogP contribution in [0, 0.1) is 0 Å². The second kappa shape index (κ2) is 5.65. The lowest BCUT2D eigenvalue weighted by Gasteiger charge is -2.11. The van der Waals surface area contributed by atoms with Crippen molar-refractivity contribution in [2.75, 3.05) is 5.75 Å². The number of carbonyl (C=O) groups is 1. The molecule has 0 aliphatic rings. The van der Waals surface area contributed by atoms with Crippen LogP contribution >= 0.6 is 11.6 Å². The van der Waals surface area contributed by atoms with Gasteiger partial charge in [0, 0.05) is 10.6 Å². The monoisotopic (exact) mass is 274 g/mol. The Bertz CT molecular complexity index is 491. The SMILES string of the molecule is CCCS(=O)(=O)C(C)C(=O)c1ccc(Cl)cc1. The lowest BCUT2D eigenvalue weighted by molar-refractivity contribution is 0.0991. The van der Waals surface area contributed by atoms with E-state index in [0.717, 1.165) is 0 Å². The topological polar surface area (TPSA) is 51.2 Å². The maximum atomic E-state index is 12.0. The van der Waals surface area contributed by atoms with Crippen molar-refractivity contribution in [3.05, 3.63) is 34.9 Å². The van der Waals surface area contributed by atoms with Gasteiger partial charge in [0.15, 0.2) is 15.6 Å². The van der Waals surface area contributed by atoms with E-state index in [2.05, 4.69) is 0 Å². The molecule has 0 saturated heterocycles. The zero-order valence-electron chi connectivity index (χ0n) is 9.81. The predicted octanol–water partition coefficient (Wildman–Crippen LogP) is 2.74. The van der Waals surface area contributed by atoms with E-state index in [-0.39, 0.29) is 11.5 Å². The quantitative estimate of drug-likeness (QED) is 0.776. The standard InChI is InChI=1S/C12H15ClO3S/c1-3-8-17(15,16)9(2)12(14)10-4-6-11(13)7-5-10/h4-7,9H,3,8H2,1-2H3. The van der Waals surface area contributed by atoms with Crippen molar-refractivity contribution >= 4 is 27.2 Å². The van der Waals surface area contributed by atoms with Crippen LogP contribution in [0.15, 0.2) is 24.3 Å². The molecule has 5 heteroatoms. The van der Waals surface area contributed by atoms with E-state index < -0.39 is 15.1 Å². The highest BCUT2D eigenvalue weighted by Gasteiger charge is 2.27. The molecule has 1 unspecified atom stereocenters. The highest BCUT2D eigenvalue weighted by atomic mass is 35.5. The normalized spacial score (nSPS) is 13.4. The molecule has 0 fully saturated rings. The second-order valence-corrected chi connectivity index (χ2v) is 6.76. The van der Waals surface area contributed by atoms with Crippen molar-refractivity contribution in [2.45, 2.75) is 25.5 Å². The van der Waals surface area contributed by atoms with E-state index in [1.54, 1.807) is 31.2 Å². The number of hydrogen-bond acceptors (Lipinski definition) is 3. The molecule has 0 amide bonds. The number of halogens is 1. The first-order chi connectivity index (χ1) is 7.88. The van der Waals surface area contributed by atoms with E-state index in [9.17, 15) is 13.2 Å². The summed E-state index contributed by atoms with van der Waals surface area (Å²) in [5, 5.41) is -0.478. The average molecular weight is 275 g/mol. The Labute approximate surface area is 107 Å². The van der Waals surface area contributed by atoms with Gasteiger partial charge < -0.3 is 0 Å². The molecule has 0 aliphatic carbocycles. The third kappa shape index (κ3) is 3.54. The molecule has 17 heavy (non-hydrogen) atoms. The van der Waals surface area contributed by atoms with Crippen molar-refractivity contribution in [2.24, 2.45) is 0 Å². The van der Waals surface area contributed by atoms with E-state index in [1.807, 2.05) is 0 Å². The van der Waals surface area contributed by atoms with Gasteiger partial charge in [-0.15, -0.1) is 0 Å². The molecule has 94 valence electrons. The summed E-state index contributed by atoms with van der Waals surface area (Å²) in [4.78, 5) is 12.0. The number of sulfone groups is 1. The number of ketones is 1. The molecular formula is C12H15ClO3S. The lowest BCUT2D eigenvalue weighted by Crippen LogP contribution is -2.29. The minimum atomic E-state index is -3.35. The molecule has 0 bridgehead atoms. The van der Waals surface area contributed by atoms with Gasteiger partial charge in [-0.1, -0.05) is 18.5 Å². The molecule has 1 aromatic carbocycles. The van der Waals surface area contributed by atoms with Crippen molar-refractivity contribution in [3.8, 4) is 0 Å². The largest absolute Gasteiger partial charge is 0.293 e. The van der Waals surface area contributed by atoms with E-state index in [4.69, 9.17) is 11.6 Å². The van der Waals surface area contributed by atoms with Crippen LogP contribution in [0.3, 0.4) is 0 Å². The summed E-state index contributed by atoms with van der Waals surface area (Å²) >= 11 is 5.71. The molecule has 0 N–H and O–H groups in total. The van der Waals surface area contributed by atoms with Crippen LogP contribution in [-0.2, 0) is 9.84 Å². The summed E-state index contributed by atoms with van der Waals surface area (Å²) in [5.74, 6) is -0.344. The third-order valence-corrected chi connectivity index (χ3v) is 5.05. The molecule has 0 radical (unpaired) electrons. The summed E-state index contributed by atoms with van der Waals surface area (Å²) in [5.41, 5.74) is 0.376. The molecule has 1 aromatic rings. The molecule has 0 heterocycles. The van der Waals surface area contributed by atoms with Crippen LogP contribution < -0.4 is 0 Å². The van der Waals surface area contributed by atoms with Crippen molar-refractivity contribution in [3.63, 3.8) is 0 Å². The smallest absolute Gasteiger partial charge is 0.180 e. The number of Topliss-reactive ketones (excluding diaryl/α,β-unsaturated/α-hetero) is 1. The maximum Gasteiger partial charge on any atom is 0.180 e. The molecule has 0 saturated carbocycles. The van der Waals surface area contributed by atoms with Crippen LogP contribution in [0.2, 0.25) is 5.02 Å². The van der Waals surface area contributed by atoms with Crippen LogP contribution in [0.4, 0.5) is 0 Å². The number of rotatable bonds is 5. The zero-order valence-corrected chi connectivity index (χ0v) is 11.4. The molecule has 3 nitrogen and oxygen atoms in total. The van der Waals surface area contributed by atoms with Gasteiger partial charge in [0.25, 0.3) is 0 Å². The first-order valence-electron chi connectivity index (χ1n) is 5.40. The van der Waals surface area contributed by atoms with Gasteiger partial charge in [0.05, 0.1) is 5.75 Å². The molecule has 0 aliphatic heterocycles. The Morgan fingerprint density at radius 2 is 1.82 bits per heavy atom. The molecular weight excluding hydrogens is 260 g/mol. The summed E-state index contributed by atoms with van der Waals surface area (Å²) < 4.78 is 23.5. The van der Waals surface area contributed by atoms with E-state index >= 15 is 0 Å².